The third-order valence-electron chi connectivity index (χ3n) is 2.93. The summed E-state index contributed by atoms with van der Waals surface area (Å²) in [5.74, 6) is 2.21. The second-order valence-corrected chi connectivity index (χ2v) is 5.30. The highest BCUT2D eigenvalue weighted by Crippen LogP contribution is 2.29. The quantitative estimate of drug-likeness (QED) is 0.849. The van der Waals surface area contributed by atoms with E-state index < -0.39 is 0 Å². The van der Waals surface area contributed by atoms with E-state index in [2.05, 4.69) is 16.5 Å². The summed E-state index contributed by atoms with van der Waals surface area (Å²) in [6, 6.07) is 0. The molecule has 0 radical (unpaired) electrons. The van der Waals surface area contributed by atoms with Gasteiger partial charge < -0.3 is 9.67 Å². The maximum Gasteiger partial charge on any atom is 0.111 e. The maximum absolute atomic E-state index is 10.1. The maximum atomic E-state index is 10.1. The van der Waals surface area contributed by atoms with E-state index in [1.54, 1.807) is 0 Å². The van der Waals surface area contributed by atoms with Gasteiger partial charge in [-0.05, 0) is 25.5 Å². The van der Waals surface area contributed by atoms with Crippen LogP contribution in [0.5, 0.6) is 0 Å². The van der Waals surface area contributed by atoms with Crippen LogP contribution in [-0.4, -0.2) is 31.8 Å². The molecule has 0 aliphatic carbocycles. The zero-order valence-electron chi connectivity index (χ0n) is 9.09. The van der Waals surface area contributed by atoms with Crippen molar-refractivity contribution in [2.75, 3.05) is 5.75 Å². The number of hydrogen-bond donors (Lipinski definition) is 1. The number of nitrogens with zero attached hydrogens (tertiary/aromatic N) is 2. The molecule has 1 aromatic rings. The van der Waals surface area contributed by atoms with Gasteiger partial charge in [-0.1, -0.05) is 0 Å². The zero-order chi connectivity index (χ0) is 10.7. The highest BCUT2D eigenvalue weighted by Gasteiger charge is 2.24. The Hall–Kier alpha value is -0.480. The SMILES string of the molecule is CCn1ccnc1CC(O)C1CCCS1. The predicted octanol–water partition coefficient (Wildman–Crippen LogP) is 1.70. The van der Waals surface area contributed by atoms with E-state index in [1.807, 2.05) is 24.2 Å². The Labute approximate surface area is 94.9 Å². The standard InChI is InChI=1S/C11H18N2OS/c1-2-13-6-5-12-11(13)8-9(14)10-4-3-7-15-10/h5-6,9-10,14H,2-4,7-8H2,1H3. The van der Waals surface area contributed by atoms with Gasteiger partial charge in [0.1, 0.15) is 5.82 Å². The molecule has 2 rings (SSSR count). The van der Waals surface area contributed by atoms with E-state index >= 15 is 0 Å². The number of aliphatic hydroxyl groups excluding tert-OH is 1. The second-order valence-electron chi connectivity index (χ2n) is 3.95. The highest BCUT2D eigenvalue weighted by molar-refractivity contribution is 8.00. The normalized spacial score (nSPS) is 23.2. The van der Waals surface area contributed by atoms with Crippen LogP contribution in [0.25, 0.3) is 0 Å². The van der Waals surface area contributed by atoms with Gasteiger partial charge in [-0.3, -0.25) is 0 Å². The number of aromatic nitrogens is 2. The zero-order valence-corrected chi connectivity index (χ0v) is 9.91. The number of aryl methyl sites for hydroxylation is 1. The van der Waals surface area contributed by atoms with Crippen LogP contribution in [0.4, 0.5) is 0 Å². The molecule has 4 heteroatoms. The fourth-order valence-corrected chi connectivity index (χ4v) is 3.33. The molecule has 0 amide bonds. The van der Waals surface area contributed by atoms with Crippen LogP contribution in [0.1, 0.15) is 25.6 Å². The fourth-order valence-electron chi connectivity index (χ4n) is 2.04. The Morgan fingerprint density at radius 2 is 2.60 bits per heavy atom. The van der Waals surface area contributed by atoms with Crippen LogP contribution in [0.2, 0.25) is 0 Å². The average molecular weight is 226 g/mol. The Balaban J connectivity index is 1.95. The van der Waals surface area contributed by atoms with Crippen molar-refractivity contribution in [1.29, 1.82) is 0 Å². The summed E-state index contributed by atoms with van der Waals surface area (Å²) in [5.41, 5.74) is 0. The fraction of sp³-hybridized carbons (Fsp3) is 0.727. The van der Waals surface area contributed by atoms with Gasteiger partial charge in [0.25, 0.3) is 0 Å². The molecule has 1 fully saturated rings. The van der Waals surface area contributed by atoms with Crippen molar-refractivity contribution in [2.45, 2.75) is 44.1 Å². The van der Waals surface area contributed by atoms with Crippen molar-refractivity contribution in [3.63, 3.8) is 0 Å². The van der Waals surface area contributed by atoms with Gasteiger partial charge in [-0.2, -0.15) is 11.8 Å². The van der Waals surface area contributed by atoms with Crippen molar-refractivity contribution in [3.05, 3.63) is 18.2 Å². The first-order valence-corrected chi connectivity index (χ1v) is 6.65. The molecule has 0 saturated carbocycles. The molecule has 0 spiro atoms. The Morgan fingerprint density at radius 3 is 3.27 bits per heavy atom. The predicted molar refractivity (Wildman–Crippen MR) is 63.1 cm³/mol. The summed E-state index contributed by atoms with van der Waals surface area (Å²) in [6.07, 6.45) is 6.65. The third-order valence-corrected chi connectivity index (χ3v) is 4.43. The molecular weight excluding hydrogens is 208 g/mol. The summed E-state index contributed by atoms with van der Waals surface area (Å²) in [5, 5.41) is 10.5. The summed E-state index contributed by atoms with van der Waals surface area (Å²) >= 11 is 1.90. The van der Waals surface area contributed by atoms with Gasteiger partial charge in [0, 0.05) is 30.6 Å². The first-order valence-electron chi connectivity index (χ1n) is 5.61. The molecule has 1 aliphatic heterocycles. The van der Waals surface area contributed by atoms with Gasteiger partial charge in [0.05, 0.1) is 6.10 Å². The van der Waals surface area contributed by atoms with Crippen LogP contribution in [0.15, 0.2) is 12.4 Å². The monoisotopic (exact) mass is 226 g/mol. The molecule has 1 N–H and O–H groups in total. The minimum Gasteiger partial charge on any atom is -0.392 e. The van der Waals surface area contributed by atoms with Crippen LogP contribution in [0.3, 0.4) is 0 Å². The van der Waals surface area contributed by atoms with Crippen molar-refractivity contribution in [3.8, 4) is 0 Å². The first-order chi connectivity index (χ1) is 7.31. The molecule has 2 atom stereocenters. The van der Waals surface area contributed by atoms with E-state index in [0.29, 0.717) is 11.7 Å². The van der Waals surface area contributed by atoms with E-state index in [-0.39, 0.29) is 6.10 Å². The molecular formula is C11H18N2OS. The van der Waals surface area contributed by atoms with Crippen LogP contribution in [0, 0.1) is 0 Å². The van der Waals surface area contributed by atoms with Crippen LogP contribution < -0.4 is 0 Å². The Kier molecular flexibility index (Phi) is 3.70. The number of rotatable bonds is 4. The van der Waals surface area contributed by atoms with Crippen LogP contribution >= 0.6 is 11.8 Å². The minimum atomic E-state index is -0.231. The van der Waals surface area contributed by atoms with Gasteiger partial charge in [-0.25, -0.2) is 4.98 Å². The van der Waals surface area contributed by atoms with Gasteiger partial charge >= 0.3 is 0 Å². The third kappa shape index (κ3) is 2.55. The number of thioether (sulfide) groups is 1. The summed E-state index contributed by atoms with van der Waals surface area (Å²) < 4.78 is 2.10. The average Bonchev–Trinajstić information content (AvgIpc) is 2.87. The van der Waals surface area contributed by atoms with E-state index in [1.165, 1.54) is 12.2 Å². The largest absolute Gasteiger partial charge is 0.392 e. The number of hydrogen-bond acceptors (Lipinski definition) is 3. The molecule has 1 aromatic heterocycles. The molecule has 0 aromatic carbocycles. The molecule has 1 saturated heterocycles. The smallest absolute Gasteiger partial charge is 0.111 e. The van der Waals surface area contributed by atoms with E-state index in [9.17, 15) is 5.11 Å². The molecule has 15 heavy (non-hydrogen) atoms. The van der Waals surface area contributed by atoms with Crippen molar-refractivity contribution in [2.24, 2.45) is 0 Å². The van der Waals surface area contributed by atoms with Gasteiger partial charge in [-0.15, -0.1) is 0 Å². The molecule has 84 valence electrons. The second kappa shape index (κ2) is 5.03. The van der Waals surface area contributed by atoms with Crippen molar-refractivity contribution >= 4 is 11.8 Å². The first kappa shape index (κ1) is 11.0. The molecule has 2 heterocycles. The van der Waals surface area contributed by atoms with Gasteiger partial charge in [0.15, 0.2) is 0 Å². The Bertz CT molecular complexity index is 307. The lowest BCUT2D eigenvalue weighted by molar-refractivity contribution is 0.166. The summed E-state index contributed by atoms with van der Waals surface area (Å²) in [7, 11) is 0. The molecule has 1 aliphatic rings. The Morgan fingerprint density at radius 1 is 1.73 bits per heavy atom. The van der Waals surface area contributed by atoms with Crippen molar-refractivity contribution < 1.29 is 5.11 Å². The van der Waals surface area contributed by atoms with Crippen LogP contribution in [-0.2, 0) is 13.0 Å². The number of aliphatic hydroxyl groups is 1. The van der Waals surface area contributed by atoms with E-state index in [0.717, 1.165) is 18.8 Å². The molecule has 0 bridgehead atoms. The van der Waals surface area contributed by atoms with E-state index in [4.69, 9.17) is 0 Å². The minimum absolute atomic E-state index is 0.231. The molecule has 3 nitrogen and oxygen atoms in total. The molecule has 2 unspecified atom stereocenters. The topological polar surface area (TPSA) is 38.0 Å². The van der Waals surface area contributed by atoms with Gasteiger partial charge in [0.2, 0.25) is 0 Å². The summed E-state index contributed by atoms with van der Waals surface area (Å²) in [4.78, 5) is 4.29. The lowest BCUT2D eigenvalue weighted by atomic mass is 10.1. The highest BCUT2D eigenvalue weighted by atomic mass is 32.2. The lowest BCUT2D eigenvalue weighted by Gasteiger charge is -2.16. The van der Waals surface area contributed by atoms with Crippen molar-refractivity contribution in [1.82, 2.24) is 9.55 Å². The number of imidazole rings is 1. The summed E-state index contributed by atoms with van der Waals surface area (Å²) in [6.45, 7) is 3.03. The lowest BCUT2D eigenvalue weighted by Crippen LogP contribution is -2.24.